The fourth-order valence-corrected chi connectivity index (χ4v) is 1.36. The average Bonchev–Trinajstić information content (AvgIpc) is 2.18. The van der Waals surface area contributed by atoms with Gasteiger partial charge in [0.25, 0.3) is 0 Å². The van der Waals surface area contributed by atoms with Crippen molar-refractivity contribution in [1.29, 1.82) is 0 Å². The third-order valence-corrected chi connectivity index (χ3v) is 2.13. The van der Waals surface area contributed by atoms with Crippen molar-refractivity contribution in [3.8, 4) is 0 Å². The smallest absolute Gasteiger partial charge is 0.231 e. The van der Waals surface area contributed by atoms with Gasteiger partial charge in [-0.1, -0.05) is 18.2 Å². The van der Waals surface area contributed by atoms with Crippen molar-refractivity contribution < 1.29 is 8.76 Å². The Morgan fingerprint density at radius 3 is 2.57 bits per heavy atom. The molecule has 0 bridgehead atoms. The molecule has 0 aliphatic carbocycles. The first-order chi connectivity index (χ1) is 6.79. The summed E-state index contributed by atoms with van der Waals surface area (Å²) >= 11 is -1.89. The fraction of sp³-hybridized carbons (Fsp3) is 0.333. The zero-order valence-electron chi connectivity index (χ0n) is 7.77. The molecule has 0 spiro atoms. The SMILES string of the molecule is O=S(O)NCCCNc1ccccc1. The Hall–Kier alpha value is -0.910. The number of nitrogens with one attached hydrogen (secondary N) is 2. The van der Waals surface area contributed by atoms with Crippen LogP contribution in [-0.4, -0.2) is 21.9 Å². The second-order valence-electron chi connectivity index (χ2n) is 2.79. The number of hydrogen-bond donors (Lipinski definition) is 3. The predicted octanol–water partition coefficient (Wildman–Crippen LogP) is 1.21. The van der Waals surface area contributed by atoms with E-state index >= 15 is 0 Å². The molecule has 0 heterocycles. The lowest BCUT2D eigenvalue weighted by atomic mass is 10.3. The van der Waals surface area contributed by atoms with Gasteiger partial charge in [-0.05, 0) is 18.6 Å². The highest BCUT2D eigenvalue weighted by Gasteiger charge is 1.92. The van der Waals surface area contributed by atoms with Crippen LogP contribution in [0.5, 0.6) is 0 Å². The molecular formula is C9H14N2O2S. The van der Waals surface area contributed by atoms with Gasteiger partial charge in [0.15, 0.2) is 0 Å². The molecule has 1 unspecified atom stereocenters. The van der Waals surface area contributed by atoms with E-state index in [0.717, 1.165) is 18.7 Å². The van der Waals surface area contributed by atoms with Gasteiger partial charge in [-0.15, -0.1) is 0 Å². The Morgan fingerprint density at radius 2 is 1.93 bits per heavy atom. The van der Waals surface area contributed by atoms with E-state index in [2.05, 4.69) is 10.0 Å². The van der Waals surface area contributed by atoms with Gasteiger partial charge in [0, 0.05) is 18.8 Å². The summed E-state index contributed by atoms with van der Waals surface area (Å²) < 4.78 is 21.0. The second kappa shape index (κ2) is 6.53. The summed E-state index contributed by atoms with van der Waals surface area (Å²) in [6, 6.07) is 9.85. The van der Waals surface area contributed by atoms with Gasteiger partial charge < -0.3 is 5.32 Å². The van der Waals surface area contributed by atoms with E-state index in [1.807, 2.05) is 30.3 Å². The monoisotopic (exact) mass is 214 g/mol. The maximum Gasteiger partial charge on any atom is 0.231 e. The van der Waals surface area contributed by atoms with Crippen LogP contribution in [0.3, 0.4) is 0 Å². The molecule has 1 aromatic rings. The van der Waals surface area contributed by atoms with Crippen LogP contribution in [0.25, 0.3) is 0 Å². The van der Waals surface area contributed by atoms with Crippen LogP contribution in [0.2, 0.25) is 0 Å². The van der Waals surface area contributed by atoms with Crippen molar-refractivity contribution in [3.63, 3.8) is 0 Å². The zero-order valence-corrected chi connectivity index (χ0v) is 8.59. The molecule has 4 nitrogen and oxygen atoms in total. The molecule has 14 heavy (non-hydrogen) atoms. The minimum atomic E-state index is -1.89. The van der Waals surface area contributed by atoms with E-state index in [1.165, 1.54) is 0 Å². The van der Waals surface area contributed by atoms with Crippen molar-refractivity contribution in [2.24, 2.45) is 0 Å². The molecule has 0 saturated carbocycles. The highest BCUT2D eigenvalue weighted by atomic mass is 32.2. The Morgan fingerprint density at radius 1 is 1.21 bits per heavy atom. The number of rotatable bonds is 6. The van der Waals surface area contributed by atoms with E-state index in [9.17, 15) is 4.21 Å². The molecule has 0 radical (unpaired) electrons. The molecule has 78 valence electrons. The topological polar surface area (TPSA) is 61.4 Å². The van der Waals surface area contributed by atoms with Gasteiger partial charge >= 0.3 is 0 Å². The second-order valence-corrected chi connectivity index (χ2v) is 3.58. The van der Waals surface area contributed by atoms with Crippen LogP contribution in [0, 0.1) is 0 Å². The van der Waals surface area contributed by atoms with Gasteiger partial charge in [0.05, 0.1) is 0 Å². The molecule has 0 aliphatic rings. The quantitative estimate of drug-likeness (QED) is 0.493. The van der Waals surface area contributed by atoms with Crippen molar-refractivity contribution in [2.75, 3.05) is 18.4 Å². The molecule has 1 rings (SSSR count). The lowest BCUT2D eigenvalue weighted by Gasteiger charge is -2.05. The summed E-state index contributed by atoms with van der Waals surface area (Å²) in [5.41, 5.74) is 1.07. The minimum absolute atomic E-state index is 0.531. The first-order valence-electron chi connectivity index (χ1n) is 4.42. The Labute approximate surface area is 86.1 Å². The Bertz CT molecular complexity index is 279. The molecule has 5 heteroatoms. The van der Waals surface area contributed by atoms with E-state index in [1.54, 1.807) is 0 Å². The maximum atomic E-state index is 10.2. The standard InChI is InChI=1S/C9H14N2O2S/c12-14(13)11-8-4-7-10-9-5-2-1-3-6-9/h1-3,5-6,10-11H,4,7-8H2,(H,12,13). The highest BCUT2D eigenvalue weighted by molar-refractivity contribution is 7.77. The van der Waals surface area contributed by atoms with E-state index < -0.39 is 11.3 Å². The van der Waals surface area contributed by atoms with Gasteiger partial charge in [0.1, 0.15) is 0 Å². The fourth-order valence-electron chi connectivity index (χ4n) is 1.04. The summed E-state index contributed by atoms with van der Waals surface area (Å²) in [7, 11) is 0. The molecule has 0 aliphatic heterocycles. The van der Waals surface area contributed by atoms with Crippen LogP contribution in [-0.2, 0) is 11.3 Å². The molecule has 0 fully saturated rings. The first-order valence-corrected chi connectivity index (χ1v) is 5.53. The van der Waals surface area contributed by atoms with Crippen molar-refractivity contribution in [2.45, 2.75) is 6.42 Å². The molecule has 1 atom stereocenters. The zero-order chi connectivity index (χ0) is 10.2. The number of benzene rings is 1. The summed E-state index contributed by atoms with van der Waals surface area (Å²) in [5.74, 6) is 0. The third-order valence-electron chi connectivity index (χ3n) is 1.68. The number of anilines is 1. The minimum Gasteiger partial charge on any atom is -0.385 e. The van der Waals surface area contributed by atoms with Crippen LogP contribution < -0.4 is 10.0 Å². The largest absolute Gasteiger partial charge is 0.385 e. The van der Waals surface area contributed by atoms with Crippen molar-refractivity contribution >= 4 is 17.0 Å². The summed E-state index contributed by atoms with van der Waals surface area (Å²) in [6.45, 7) is 1.32. The van der Waals surface area contributed by atoms with Crippen LogP contribution in [0.15, 0.2) is 30.3 Å². The number of hydrogen-bond acceptors (Lipinski definition) is 2. The summed E-state index contributed by atoms with van der Waals surface area (Å²) in [4.78, 5) is 0. The van der Waals surface area contributed by atoms with Gasteiger partial charge in [-0.2, -0.15) is 0 Å². The average molecular weight is 214 g/mol. The Balaban J connectivity index is 2.08. The van der Waals surface area contributed by atoms with Crippen LogP contribution >= 0.6 is 0 Å². The van der Waals surface area contributed by atoms with E-state index in [-0.39, 0.29) is 0 Å². The third kappa shape index (κ3) is 4.96. The van der Waals surface area contributed by atoms with Gasteiger partial charge in [-0.3, -0.25) is 4.55 Å². The van der Waals surface area contributed by atoms with Crippen LogP contribution in [0.1, 0.15) is 6.42 Å². The van der Waals surface area contributed by atoms with Crippen molar-refractivity contribution in [3.05, 3.63) is 30.3 Å². The van der Waals surface area contributed by atoms with Crippen molar-refractivity contribution in [1.82, 2.24) is 4.72 Å². The summed E-state index contributed by atoms with van der Waals surface area (Å²) in [6.07, 6.45) is 0.807. The van der Waals surface area contributed by atoms with Gasteiger partial charge in [0.2, 0.25) is 11.3 Å². The lowest BCUT2D eigenvalue weighted by molar-refractivity contribution is 0.548. The molecule has 3 N–H and O–H groups in total. The molecule has 1 aromatic carbocycles. The highest BCUT2D eigenvalue weighted by Crippen LogP contribution is 2.03. The van der Waals surface area contributed by atoms with Gasteiger partial charge in [-0.25, -0.2) is 8.93 Å². The Kier molecular flexibility index (Phi) is 5.21. The normalized spacial score (nSPS) is 12.4. The van der Waals surface area contributed by atoms with E-state index in [0.29, 0.717) is 6.54 Å². The maximum absolute atomic E-state index is 10.2. The number of para-hydroxylation sites is 1. The van der Waals surface area contributed by atoms with E-state index in [4.69, 9.17) is 4.55 Å². The molecule has 0 aromatic heterocycles. The van der Waals surface area contributed by atoms with Crippen LogP contribution in [0.4, 0.5) is 5.69 Å². The first kappa shape index (κ1) is 11.2. The molecule has 0 saturated heterocycles. The lowest BCUT2D eigenvalue weighted by Crippen LogP contribution is -2.19. The summed E-state index contributed by atoms with van der Waals surface area (Å²) in [5, 5.41) is 3.20. The molecular weight excluding hydrogens is 200 g/mol. The molecule has 0 amide bonds. The predicted molar refractivity (Wildman–Crippen MR) is 58.3 cm³/mol.